The van der Waals surface area contributed by atoms with Crippen molar-refractivity contribution in [2.45, 2.75) is 43.4 Å². The van der Waals surface area contributed by atoms with Crippen molar-refractivity contribution in [1.29, 1.82) is 0 Å². The highest BCUT2D eigenvalue weighted by Gasteiger charge is 2.50. The molecule has 6 nitrogen and oxygen atoms in total. The van der Waals surface area contributed by atoms with Gasteiger partial charge in [0.1, 0.15) is 18.3 Å². The van der Waals surface area contributed by atoms with Crippen LogP contribution < -0.4 is 0 Å². The van der Waals surface area contributed by atoms with Crippen molar-refractivity contribution < 1.29 is 24.1 Å². The van der Waals surface area contributed by atoms with E-state index in [0.717, 1.165) is 21.3 Å². The van der Waals surface area contributed by atoms with Gasteiger partial charge in [0.05, 0.1) is 12.7 Å². The van der Waals surface area contributed by atoms with Crippen LogP contribution in [-0.2, 0) is 25.4 Å². The molecular formula is C25H24BrNO5. The first-order valence-electron chi connectivity index (χ1n) is 10.6. The van der Waals surface area contributed by atoms with E-state index in [-0.39, 0.29) is 12.7 Å². The van der Waals surface area contributed by atoms with E-state index in [4.69, 9.17) is 18.9 Å². The number of hydrogen-bond donors (Lipinski definition) is 1. The molecule has 0 saturated carbocycles. The summed E-state index contributed by atoms with van der Waals surface area (Å²) < 4.78 is 26.1. The van der Waals surface area contributed by atoms with E-state index in [1.54, 1.807) is 6.20 Å². The third-order valence-corrected chi connectivity index (χ3v) is 6.21. The third-order valence-electron chi connectivity index (χ3n) is 5.74. The number of fused-ring (bicyclic) bond motifs is 1. The molecule has 2 saturated heterocycles. The molecule has 1 N–H and O–H groups in total. The topological polar surface area (TPSA) is 70.0 Å². The van der Waals surface area contributed by atoms with Crippen LogP contribution in [0.25, 0.3) is 0 Å². The van der Waals surface area contributed by atoms with Crippen LogP contribution in [0.15, 0.2) is 83.5 Å². The van der Waals surface area contributed by atoms with Crippen LogP contribution in [0.4, 0.5) is 0 Å². The van der Waals surface area contributed by atoms with Gasteiger partial charge in [0.25, 0.3) is 0 Å². The highest BCUT2D eigenvalue weighted by atomic mass is 79.9. The minimum absolute atomic E-state index is 0.182. The van der Waals surface area contributed by atoms with Gasteiger partial charge in [-0.15, -0.1) is 0 Å². The Kier molecular flexibility index (Phi) is 6.64. The maximum atomic E-state index is 10.1. The van der Waals surface area contributed by atoms with E-state index in [1.807, 2.05) is 72.8 Å². The van der Waals surface area contributed by atoms with Crippen LogP contribution in [0.1, 0.15) is 29.4 Å². The average Bonchev–Trinajstić information content (AvgIpc) is 2.86. The Bertz CT molecular complexity index is 1000. The first-order valence-corrected chi connectivity index (χ1v) is 11.4. The fourth-order valence-electron chi connectivity index (χ4n) is 4.15. The van der Waals surface area contributed by atoms with E-state index in [9.17, 15) is 5.11 Å². The summed E-state index contributed by atoms with van der Waals surface area (Å²) in [5.74, 6) is 0. The van der Waals surface area contributed by atoms with Crippen molar-refractivity contribution in [2.24, 2.45) is 0 Å². The smallest absolute Gasteiger partial charge is 0.184 e. The third kappa shape index (κ3) is 4.64. The molecule has 0 radical (unpaired) electrons. The summed E-state index contributed by atoms with van der Waals surface area (Å²) >= 11 is 3.43. The van der Waals surface area contributed by atoms with Gasteiger partial charge < -0.3 is 24.1 Å². The van der Waals surface area contributed by atoms with E-state index >= 15 is 0 Å². The van der Waals surface area contributed by atoms with E-state index in [0.29, 0.717) is 6.42 Å². The summed E-state index contributed by atoms with van der Waals surface area (Å²) in [4.78, 5) is 4.52. The van der Waals surface area contributed by atoms with E-state index < -0.39 is 30.9 Å². The van der Waals surface area contributed by atoms with Gasteiger partial charge in [0.2, 0.25) is 0 Å². The zero-order valence-corrected chi connectivity index (χ0v) is 18.9. The van der Waals surface area contributed by atoms with E-state index in [2.05, 4.69) is 20.9 Å². The van der Waals surface area contributed by atoms with Crippen LogP contribution in [0.2, 0.25) is 0 Å². The van der Waals surface area contributed by atoms with Gasteiger partial charge in [0, 0.05) is 33.9 Å². The van der Waals surface area contributed by atoms with Gasteiger partial charge in [-0.2, -0.15) is 0 Å². The molecule has 7 heteroatoms. The molecule has 3 heterocycles. The molecule has 0 aliphatic carbocycles. The van der Waals surface area contributed by atoms with Crippen LogP contribution >= 0.6 is 15.9 Å². The lowest BCUT2D eigenvalue weighted by Crippen LogP contribution is -2.59. The van der Waals surface area contributed by atoms with Crippen molar-refractivity contribution in [1.82, 2.24) is 4.98 Å². The molecule has 0 spiro atoms. The molecule has 2 aromatic carbocycles. The summed E-state index contributed by atoms with van der Waals surface area (Å²) in [5, 5.41) is 10.1. The standard InChI is InChI=1S/C25H24BrNO5/c26-18-11-12-19(27-14-18)13-20-22-23(32-24(29-20)16-7-3-1-4-8-16)21(15-28)30-25(31-22)17-9-5-2-6-10-17/h1-12,14,20-25,28H,13,15H2. The summed E-state index contributed by atoms with van der Waals surface area (Å²) in [6, 6.07) is 23.4. The number of aliphatic hydroxyl groups excluding tert-OH is 1. The number of aliphatic hydroxyl groups is 1. The lowest BCUT2D eigenvalue weighted by molar-refractivity contribution is -0.384. The Hall–Kier alpha value is -2.13. The number of benzene rings is 2. The molecular weight excluding hydrogens is 474 g/mol. The highest BCUT2D eigenvalue weighted by molar-refractivity contribution is 9.10. The van der Waals surface area contributed by atoms with Crippen molar-refractivity contribution >= 4 is 15.9 Å². The first kappa shape index (κ1) is 21.7. The zero-order chi connectivity index (χ0) is 21.9. The predicted molar refractivity (Wildman–Crippen MR) is 121 cm³/mol. The maximum absolute atomic E-state index is 10.1. The van der Waals surface area contributed by atoms with Crippen molar-refractivity contribution in [3.63, 3.8) is 0 Å². The summed E-state index contributed by atoms with van der Waals surface area (Å²) in [7, 11) is 0. The van der Waals surface area contributed by atoms with Crippen LogP contribution in [0, 0.1) is 0 Å². The minimum atomic E-state index is -0.615. The number of pyridine rings is 1. The summed E-state index contributed by atoms with van der Waals surface area (Å²) in [6.45, 7) is -0.182. The second kappa shape index (κ2) is 9.79. The Morgan fingerprint density at radius 3 is 1.81 bits per heavy atom. The average molecular weight is 498 g/mol. The van der Waals surface area contributed by atoms with Crippen LogP contribution in [-0.4, -0.2) is 41.1 Å². The molecule has 1 aromatic heterocycles. The Labute approximate surface area is 195 Å². The number of ether oxygens (including phenoxy) is 4. The normalized spacial score (nSPS) is 29.9. The van der Waals surface area contributed by atoms with Crippen LogP contribution in [0.5, 0.6) is 0 Å². The number of rotatable bonds is 5. The predicted octanol–water partition coefficient (Wildman–Crippen LogP) is 4.34. The molecule has 3 aromatic rings. The number of nitrogens with zero attached hydrogens (tertiary/aromatic N) is 1. The number of hydrogen-bond acceptors (Lipinski definition) is 6. The minimum Gasteiger partial charge on any atom is -0.394 e. The van der Waals surface area contributed by atoms with Crippen molar-refractivity contribution in [2.75, 3.05) is 6.61 Å². The molecule has 166 valence electrons. The van der Waals surface area contributed by atoms with Gasteiger partial charge in [-0.1, -0.05) is 60.7 Å². The molecule has 32 heavy (non-hydrogen) atoms. The maximum Gasteiger partial charge on any atom is 0.184 e. The largest absolute Gasteiger partial charge is 0.394 e. The molecule has 2 fully saturated rings. The Morgan fingerprint density at radius 1 is 0.719 bits per heavy atom. The van der Waals surface area contributed by atoms with Crippen molar-refractivity contribution in [3.05, 3.63) is 100 Å². The lowest BCUT2D eigenvalue weighted by Gasteiger charge is -2.49. The van der Waals surface area contributed by atoms with Gasteiger partial charge in [-0.3, -0.25) is 4.98 Å². The quantitative estimate of drug-likeness (QED) is 0.565. The zero-order valence-electron chi connectivity index (χ0n) is 17.3. The van der Waals surface area contributed by atoms with Gasteiger partial charge in [-0.25, -0.2) is 0 Å². The molecule has 0 amide bonds. The number of aromatic nitrogens is 1. The number of halogens is 1. The Balaban J connectivity index is 1.46. The molecule has 2 aliphatic rings. The lowest BCUT2D eigenvalue weighted by atomic mass is 9.95. The molecule has 6 unspecified atom stereocenters. The SMILES string of the molecule is OCC1OC(c2ccccc2)OC2C(Cc3ccc(Br)cn3)OC(c3ccccc3)OC12. The van der Waals surface area contributed by atoms with Gasteiger partial charge in [-0.05, 0) is 28.1 Å². The Morgan fingerprint density at radius 2 is 1.28 bits per heavy atom. The fourth-order valence-corrected chi connectivity index (χ4v) is 4.39. The van der Waals surface area contributed by atoms with E-state index in [1.165, 1.54) is 0 Å². The summed E-state index contributed by atoms with van der Waals surface area (Å²) in [6.07, 6.45) is -0.694. The highest BCUT2D eigenvalue weighted by Crippen LogP contribution is 2.41. The van der Waals surface area contributed by atoms with Crippen LogP contribution in [0.3, 0.4) is 0 Å². The fraction of sp³-hybridized carbons (Fsp3) is 0.320. The summed E-state index contributed by atoms with van der Waals surface area (Å²) in [5.41, 5.74) is 2.68. The molecule has 2 aliphatic heterocycles. The monoisotopic (exact) mass is 497 g/mol. The first-order chi connectivity index (χ1) is 15.7. The second-order valence-electron chi connectivity index (χ2n) is 7.89. The van der Waals surface area contributed by atoms with Gasteiger partial charge in [0.15, 0.2) is 12.6 Å². The molecule has 6 atom stereocenters. The molecule has 0 bridgehead atoms. The van der Waals surface area contributed by atoms with Gasteiger partial charge >= 0.3 is 0 Å². The second-order valence-corrected chi connectivity index (χ2v) is 8.81. The molecule has 5 rings (SSSR count). The van der Waals surface area contributed by atoms with Crippen molar-refractivity contribution in [3.8, 4) is 0 Å².